The lowest BCUT2D eigenvalue weighted by atomic mass is 10.3. The van der Waals surface area contributed by atoms with Crippen molar-refractivity contribution in [3.05, 3.63) is 24.1 Å². The molecule has 0 aliphatic rings. The summed E-state index contributed by atoms with van der Waals surface area (Å²) < 4.78 is 10.4. The van der Waals surface area contributed by atoms with Crippen molar-refractivity contribution in [1.29, 1.82) is 0 Å². The largest absolute Gasteiger partial charge is 0.481 e. The number of rotatable bonds is 2. The fraction of sp³-hybridized carbons (Fsp3) is 0.222. The van der Waals surface area contributed by atoms with Crippen molar-refractivity contribution >= 4 is 35.8 Å². The first-order chi connectivity index (χ1) is 6.33. The Bertz CT molecular complexity index is 429. The van der Waals surface area contributed by atoms with Gasteiger partial charge < -0.3 is 14.9 Å². The van der Waals surface area contributed by atoms with Gasteiger partial charge in [-0.05, 0) is 6.07 Å². The van der Waals surface area contributed by atoms with E-state index >= 15 is 0 Å². The standard InChI is InChI=1S/C9H10N2O2.2ClH/c1-12-9-3-6-2-7(4-10)13-8(6)5-11-9;;/h2-3,5H,4,10H2,1H3;2*1H. The molecule has 4 nitrogen and oxygen atoms in total. The summed E-state index contributed by atoms with van der Waals surface area (Å²) in [6.07, 6.45) is 1.63. The average Bonchev–Trinajstić information content (AvgIpc) is 2.58. The number of methoxy groups -OCH3 is 1. The van der Waals surface area contributed by atoms with Crippen molar-refractivity contribution in [2.24, 2.45) is 5.73 Å². The third-order valence-electron chi connectivity index (χ3n) is 1.84. The van der Waals surface area contributed by atoms with Crippen LogP contribution in [0.4, 0.5) is 0 Å². The van der Waals surface area contributed by atoms with Crippen molar-refractivity contribution in [2.45, 2.75) is 6.54 Å². The highest BCUT2D eigenvalue weighted by molar-refractivity contribution is 5.85. The van der Waals surface area contributed by atoms with Gasteiger partial charge in [0.25, 0.3) is 0 Å². The van der Waals surface area contributed by atoms with Crippen molar-refractivity contribution in [3.63, 3.8) is 0 Å². The first kappa shape index (κ1) is 14.0. The van der Waals surface area contributed by atoms with Crippen LogP contribution in [0.3, 0.4) is 0 Å². The van der Waals surface area contributed by atoms with Crippen LogP contribution in [0.15, 0.2) is 22.7 Å². The lowest BCUT2D eigenvalue weighted by Gasteiger charge is -1.95. The highest BCUT2D eigenvalue weighted by Crippen LogP contribution is 2.21. The summed E-state index contributed by atoms with van der Waals surface area (Å²) in [5.74, 6) is 1.34. The second-order valence-corrected chi connectivity index (χ2v) is 2.68. The molecule has 0 aromatic carbocycles. The molecule has 2 rings (SSSR count). The van der Waals surface area contributed by atoms with E-state index in [2.05, 4.69) is 4.98 Å². The minimum Gasteiger partial charge on any atom is -0.481 e. The molecule has 0 aliphatic carbocycles. The number of fused-ring (bicyclic) bond motifs is 1. The summed E-state index contributed by atoms with van der Waals surface area (Å²) in [5.41, 5.74) is 6.18. The van der Waals surface area contributed by atoms with Crippen LogP contribution in [-0.2, 0) is 6.54 Å². The highest BCUT2D eigenvalue weighted by atomic mass is 35.5. The lowest BCUT2D eigenvalue weighted by molar-refractivity contribution is 0.398. The molecule has 0 saturated heterocycles. The Hall–Kier alpha value is -0.970. The van der Waals surface area contributed by atoms with Gasteiger partial charge in [0.05, 0.1) is 19.9 Å². The van der Waals surface area contributed by atoms with Crippen LogP contribution >= 0.6 is 24.8 Å². The maximum atomic E-state index is 5.44. The SMILES string of the molecule is COc1cc2cc(CN)oc2cn1.Cl.Cl. The van der Waals surface area contributed by atoms with E-state index in [9.17, 15) is 0 Å². The molecule has 0 radical (unpaired) electrons. The van der Waals surface area contributed by atoms with Crippen LogP contribution < -0.4 is 10.5 Å². The first-order valence-electron chi connectivity index (χ1n) is 3.96. The van der Waals surface area contributed by atoms with Gasteiger partial charge in [-0.2, -0.15) is 0 Å². The van der Waals surface area contributed by atoms with E-state index in [4.69, 9.17) is 14.9 Å². The normalized spacial score (nSPS) is 9.20. The van der Waals surface area contributed by atoms with E-state index in [1.54, 1.807) is 13.3 Å². The average molecular weight is 251 g/mol. The fourth-order valence-electron chi connectivity index (χ4n) is 1.19. The van der Waals surface area contributed by atoms with E-state index in [-0.39, 0.29) is 24.8 Å². The minimum atomic E-state index is 0. The van der Waals surface area contributed by atoms with Crippen LogP contribution in [0.1, 0.15) is 5.76 Å². The zero-order chi connectivity index (χ0) is 9.26. The van der Waals surface area contributed by atoms with E-state index in [1.807, 2.05) is 12.1 Å². The molecule has 0 unspecified atom stereocenters. The number of nitrogens with zero attached hydrogens (tertiary/aromatic N) is 1. The van der Waals surface area contributed by atoms with Gasteiger partial charge in [0, 0.05) is 11.5 Å². The maximum Gasteiger partial charge on any atom is 0.213 e. The molecule has 6 heteroatoms. The summed E-state index contributed by atoms with van der Waals surface area (Å²) in [5, 5.41) is 0.965. The molecule has 84 valence electrons. The topological polar surface area (TPSA) is 61.3 Å². The van der Waals surface area contributed by atoms with Crippen LogP contribution in [0, 0.1) is 0 Å². The summed E-state index contributed by atoms with van der Waals surface area (Å²) in [4.78, 5) is 4.02. The predicted octanol–water partition coefficient (Wildman–Crippen LogP) is 2.14. The van der Waals surface area contributed by atoms with Gasteiger partial charge in [0.2, 0.25) is 5.88 Å². The second kappa shape index (κ2) is 5.80. The molecule has 0 amide bonds. The molecule has 2 N–H and O–H groups in total. The fourth-order valence-corrected chi connectivity index (χ4v) is 1.19. The highest BCUT2D eigenvalue weighted by Gasteiger charge is 2.03. The summed E-state index contributed by atoms with van der Waals surface area (Å²) >= 11 is 0. The smallest absolute Gasteiger partial charge is 0.213 e. The maximum absolute atomic E-state index is 5.44. The molecule has 0 saturated carbocycles. The molecular formula is C9H12Cl2N2O2. The van der Waals surface area contributed by atoms with E-state index in [0.717, 1.165) is 16.7 Å². The number of hydrogen-bond acceptors (Lipinski definition) is 4. The zero-order valence-corrected chi connectivity index (χ0v) is 9.73. The molecule has 0 atom stereocenters. The molecule has 2 aromatic rings. The zero-order valence-electron chi connectivity index (χ0n) is 8.10. The number of aromatic nitrogens is 1. The van der Waals surface area contributed by atoms with Crippen molar-refractivity contribution in [2.75, 3.05) is 7.11 Å². The Morgan fingerprint density at radius 2 is 2.13 bits per heavy atom. The van der Waals surface area contributed by atoms with E-state index < -0.39 is 0 Å². The Morgan fingerprint density at radius 1 is 1.40 bits per heavy atom. The van der Waals surface area contributed by atoms with E-state index in [1.165, 1.54) is 0 Å². The van der Waals surface area contributed by atoms with Crippen molar-refractivity contribution < 1.29 is 9.15 Å². The van der Waals surface area contributed by atoms with Gasteiger partial charge in [-0.25, -0.2) is 4.98 Å². The summed E-state index contributed by atoms with van der Waals surface area (Å²) in [6.45, 7) is 0.400. The van der Waals surface area contributed by atoms with Gasteiger partial charge in [-0.1, -0.05) is 0 Å². The van der Waals surface area contributed by atoms with E-state index in [0.29, 0.717) is 12.4 Å². The number of halogens is 2. The van der Waals surface area contributed by atoms with Crippen LogP contribution in [0.25, 0.3) is 11.0 Å². The third kappa shape index (κ3) is 2.75. The monoisotopic (exact) mass is 250 g/mol. The summed E-state index contributed by atoms with van der Waals surface area (Å²) in [7, 11) is 1.58. The van der Waals surface area contributed by atoms with Crippen LogP contribution in [-0.4, -0.2) is 12.1 Å². The van der Waals surface area contributed by atoms with Gasteiger partial charge in [0.1, 0.15) is 5.76 Å². The second-order valence-electron chi connectivity index (χ2n) is 2.68. The molecule has 15 heavy (non-hydrogen) atoms. The Balaban J connectivity index is 0.000000980. The minimum absolute atomic E-state index is 0. The first-order valence-corrected chi connectivity index (χ1v) is 3.96. The molecule has 0 aliphatic heterocycles. The number of ether oxygens (including phenoxy) is 1. The van der Waals surface area contributed by atoms with Crippen LogP contribution in [0.5, 0.6) is 5.88 Å². The van der Waals surface area contributed by atoms with Crippen molar-refractivity contribution in [3.8, 4) is 5.88 Å². The van der Waals surface area contributed by atoms with Gasteiger partial charge >= 0.3 is 0 Å². The number of nitrogens with two attached hydrogens (primary N) is 1. The number of furan rings is 1. The van der Waals surface area contributed by atoms with Gasteiger partial charge in [0.15, 0.2) is 5.58 Å². The molecule has 0 bridgehead atoms. The van der Waals surface area contributed by atoms with Gasteiger partial charge in [-0.15, -0.1) is 24.8 Å². The summed E-state index contributed by atoms with van der Waals surface area (Å²) in [6, 6.07) is 3.71. The van der Waals surface area contributed by atoms with Gasteiger partial charge in [-0.3, -0.25) is 0 Å². The molecule has 2 heterocycles. The molecular weight excluding hydrogens is 239 g/mol. The lowest BCUT2D eigenvalue weighted by Crippen LogP contribution is -1.92. The quantitative estimate of drug-likeness (QED) is 0.888. The Labute approximate surface area is 99.6 Å². The Kier molecular flexibility index (Phi) is 5.43. The molecule has 2 aromatic heterocycles. The predicted molar refractivity (Wildman–Crippen MR) is 62.9 cm³/mol. The number of pyridine rings is 1. The Morgan fingerprint density at radius 3 is 2.73 bits per heavy atom. The number of hydrogen-bond donors (Lipinski definition) is 1. The molecule has 0 spiro atoms. The third-order valence-corrected chi connectivity index (χ3v) is 1.84. The van der Waals surface area contributed by atoms with Crippen molar-refractivity contribution in [1.82, 2.24) is 4.98 Å². The van der Waals surface area contributed by atoms with Crippen LogP contribution in [0.2, 0.25) is 0 Å². The molecule has 0 fully saturated rings.